The maximum absolute atomic E-state index is 11.3. The zero-order valence-electron chi connectivity index (χ0n) is 10.7. The predicted molar refractivity (Wildman–Crippen MR) is 73.2 cm³/mol. The number of hydrogen-bond donors (Lipinski definition) is 2. The molecule has 18 heavy (non-hydrogen) atoms. The first-order chi connectivity index (χ1) is 8.36. The molecule has 2 unspecified atom stereocenters. The lowest BCUT2D eigenvalue weighted by molar-refractivity contribution is -0.160. The molecule has 0 radical (unpaired) electrons. The van der Waals surface area contributed by atoms with Crippen LogP contribution in [0.1, 0.15) is 25.5 Å². The number of benzene rings is 1. The summed E-state index contributed by atoms with van der Waals surface area (Å²) in [5, 5.41) is 13.0. The molecule has 0 bridgehead atoms. The van der Waals surface area contributed by atoms with Gasteiger partial charge in [-0.05, 0) is 31.5 Å². The Kier molecular flexibility index (Phi) is 5.31. The average molecular weight is 316 g/mol. The van der Waals surface area contributed by atoms with Crippen LogP contribution in [0.3, 0.4) is 0 Å². The molecule has 0 amide bonds. The summed E-state index contributed by atoms with van der Waals surface area (Å²) >= 11 is 3.37. The Labute approximate surface area is 115 Å². The van der Waals surface area contributed by atoms with E-state index in [-0.39, 0.29) is 12.6 Å². The summed E-state index contributed by atoms with van der Waals surface area (Å²) in [6, 6.07) is 7.90. The Hall–Kier alpha value is -0.910. The summed E-state index contributed by atoms with van der Waals surface area (Å²) in [7, 11) is 1.26. The van der Waals surface area contributed by atoms with Crippen LogP contribution < -0.4 is 5.32 Å². The molecule has 0 saturated carbocycles. The summed E-state index contributed by atoms with van der Waals surface area (Å²) in [5.41, 5.74) is -0.433. The van der Waals surface area contributed by atoms with E-state index >= 15 is 0 Å². The molecule has 100 valence electrons. The molecule has 5 heteroatoms. The number of aliphatic hydroxyl groups is 1. The molecule has 2 atom stereocenters. The fraction of sp³-hybridized carbons (Fsp3) is 0.462. The van der Waals surface area contributed by atoms with E-state index in [1.165, 1.54) is 14.0 Å². The Morgan fingerprint density at radius 2 is 2.06 bits per heavy atom. The maximum Gasteiger partial charge on any atom is 0.338 e. The number of esters is 1. The first kappa shape index (κ1) is 15.1. The van der Waals surface area contributed by atoms with Crippen molar-refractivity contribution in [3.63, 3.8) is 0 Å². The van der Waals surface area contributed by atoms with Crippen molar-refractivity contribution in [3.8, 4) is 0 Å². The van der Waals surface area contributed by atoms with Gasteiger partial charge in [0.2, 0.25) is 0 Å². The van der Waals surface area contributed by atoms with Crippen molar-refractivity contribution in [2.75, 3.05) is 13.7 Å². The molecule has 0 spiro atoms. The SMILES string of the molecule is COC(=O)C(C)(O)CNC(C)c1ccc(Br)cc1. The monoisotopic (exact) mass is 315 g/mol. The van der Waals surface area contributed by atoms with Gasteiger partial charge >= 0.3 is 5.97 Å². The molecule has 0 saturated heterocycles. The molecule has 0 heterocycles. The van der Waals surface area contributed by atoms with Crippen LogP contribution in [-0.2, 0) is 9.53 Å². The topological polar surface area (TPSA) is 58.6 Å². The molecular weight excluding hydrogens is 298 g/mol. The van der Waals surface area contributed by atoms with Crippen LogP contribution in [0.15, 0.2) is 28.7 Å². The van der Waals surface area contributed by atoms with Crippen LogP contribution in [-0.4, -0.2) is 30.3 Å². The van der Waals surface area contributed by atoms with Gasteiger partial charge in [-0.15, -0.1) is 0 Å². The fourth-order valence-electron chi connectivity index (χ4n) is 1.51. The number of carbonyl (C=O) groups is 1. The molecule has 0 aromatic heterocycles. The highest BCUT2D eigenvalue weighted by atomic mass is 79.9. The van der Waals surface area contributed by atoms with Gasteiger partial charge in [0.05, 0.1) is 7.11 Å². The predicted octanol–water partition coefficient (Wildman–Crippen LogP) is 2.02. The van der Waals surface area contributed by atoms with Crippen LogP contribution in [0.25, 0.3) is 0 Å². The third-order valence-corrected chi connectivity index (χ3v) is 3.28. The molecule has 0 aliphatic carbocycles. The van der Waals surface area contributed by atoms with Crippen LogP contribution in [0.2, 0.25) is 0 Å². The second-order valence-corrected chi connectivity index (χ2v) is 5.34. The van der Waals surface area contributed by atoms with E-state index in [0.717, 1.165) is 10.0 Å². The third kappa shape index (κ3) is 4.08. The zero-order chi connectivity index (χ0) is 13.8. The van der Waals surface area contributed by atoms with Crippen LogP contribution >= 0.6 is 15.9 Å². The number of nitrogens with one attached hydrogen (secondary N) is 1. The molecule has 0 aliphatic heterocycles. The summed E-state index contributed by atoms with van der Waals surface area (Å²) in [6.07, 6.45) is 0. The number of methoxy groups -OCH3 is 1. The van der Waals surface area contributed by atoms with Gasteiger partial charge in [0.1, 0.15) is 0 Å². The number of rotatable bonds is 5. The van der Waals surface area contributed by atoms with E-state index in [4.69, 9.17) is 0 Å². The normalized spacial score (nSPS) is 15.8. The Morgan fingerprint density at radius 3 is 2.56 bits per heavy atom. The first-order valence-electron chi connectivity index (χ1n) is 5.66. The van der Waals surface area contributed by atoms with Crippen LogP contribution in [0.5, 0.6) is 0 Å². The number of hydrogen-bond acceptors (Lipinski definition) is 4. The summed E-state index contributed by atoms with van der Waals surface area (Å²) in [5.74, 6) is -0.641. The maximum atomic E-state index is 11.3. The largest absolute Gasteiger partial charge is 0.467 e. The van der Waals surface area contributed by atoms with Gasteiger partial charge in [0.25, 0.3) is 0 Å². The van der Waals surface area contributed by atoms with Crippen LogP contribution in [0.4, 0.5) is 0 Å². The highest BCUT2D eigenvalue weighted by molar-refractivity contribution is 9.10. The Bertz CT molecular complexity index is 403. The molecular formula is C13H18BrNO3. The van der Waals surface area contributed by atoms with E-state index in [0.29, 0.717) is 0 Å². The number of halogens is 1. The highest BCUT2D eigenvalue weighted by Gasteiger charge is 2.31. The molecule has 1 rings (SSSR count). The van der Waals surface area contributed by atoms with Crippen molar-refractivity contribution >= 4 is 21.9 Å². The fourth-order valence-corrected chi connectivity index (χ4v) is 1.78. The Balaban J connectivity index is 2.58. The molecule has 0 aliphatic rings. The third-order valence-electron chi connectivity index (χ3n) is 2.75. The van der Waals surface area contributed by atoms with E-state index in [1.54, 1.807) is 0 Å². The molecule has 1 aromatic carbocycles. The van der Waals surface area contributed by atoms with Gasteiger partial charge in [-0.2, -0.15) is 0 Å². The van der Waals surface area contributed by atoms with Crippen molar-refractivity contribution in [1.29, 1.82) is 0 Å². The van der Waals surface area contributed by atoms with E-state index in [2.05, 4.69) is 26.0 Å². The van der Waals surface area contributed by atoms with Gasteiger partial charge in [0.15, 0.2) is 5.60 Å². The van der Waals surface area contributed by atoms with Crippen molar-refractivity contribution in [1.82, 2.24) is 5.32 Å². The first-order valence-corrected chi connectivity index (χ1v) is 6.46. The van der Waals surface area contributed by atoms with Crippen molar-refractivity contribution in [2.24, 2.45) is 0 Å². The van der Waals surface area contributed by atoms with E-state index < -0.39 is 11.6 Å². The van der Waals surface area contributed by atoms with Gasteiger partial charge in [-0.25, -0.2) is 4.79 Å². The van der Waals surface area contributed by atoms with E-state index in [1.807, 2.05) is 31.2 Å². The molecule has 4 nitrogen and oxygen atoms in total. The van der Waals surface area contributed by atoms with Gasteiger partial charge < -0.3 is 15.2 Å². The summed E-state index contributed by atoms with van der Waals surface area (Å²) in [6.45, 7) is 3.54. The van der Waals surface area contributed by atoms with E-state index in [9.17, 15) is 9.90 Å². The standard InChI is InChI=1S/C13H18BrNO3/c1-9(10-4-6-11(14)7-5-10)15-8-13(2,17)12(16)18-3/h4-7,9,15,17H,8H2,1-3H3. The lowest BCUT2D eigenvalue weighted by atomic mass is 10.0. The molecule has 0 fully saturated rings. The highest BCUT2D eigenvalue weighted by Crippen LogP contribution is 2.17. The average Bonchev–Trinajstić information content (AvgIpc) is 2.35. The minimum absolute atomic E-state index is 0.0363. The van der Waals surface area contributed by atoms with Crippen molar-refractivity contribution < 1.29 is 14.6 Å². The molecule has 1 aromatic rings. The van der Waals surface area contributed by atoms with Crippen molar-refractivity contribution in [3.05, 3.63) is 34.3 Å². The van der Waals surface area contributed by atoms with Gasteiger partial charge in [-0.3, -0.25) is 0 Å². The quantitative estimate of drug-likeness (QED) is 0.816. The zero-order valence-corrected chi connectivity index (χ0v) is 12.3. The Morgan fingerprint density at radius 1 is 1.50 bits per heavy atom. The second kappa shape index (κ2) is 6.31. The number of carbonyl (C=O) groups excluding carboxylic acids is 1. The number of ether oxygens (including phenoxy) is 1. The minimum Gasteiger partial charge on any atom is -0.467 e. The van der Waals surface area contributed by atoms with Gasteiger partial charge in [0, 0.05) is 17.1 Å². The summed E-state index contributed by atoms with van der Waals surface area (Å²) < 4.78 is 5.55. The molecule has 2 N–H and O–H groups in total. The van der Waals surface area contributed by atoms with Gasteiger partial charge in [-0.1, -0.05) is 28.1 Å². The van der Waals surface area contributed by atoms with Crippen molar-refractivity contribution in [2.45, 2.75) is 25.5 Å². The van der Waals surface area contributed by atoms with Crippen LogP contribution in [0, 0.1) is 0 Å². The lowest BCUT2D eigenvalue weighted by Crippen LogP contribution is -2.46. The smallest absolute Gasteiger partial charge is 0.338 e. The second-order valence-electron chi connectivity index (χ2n) is 4.42. The lowest BCUT2D eigenvalue weighted by Gasteiger charge is -2.23. The minimum atomic E-state index is -1.52. The summed E-state index contributed by atoms with van der Waals surface area (Å²) in [4.78, 5) is 11.3.